The fraction of sp³-hybridized carbons (Fsp3) is 0.400. The first-order valence-electron chi connectivity index (χ1n) is 10.9. The molecule has 1 fully saturated rings. The topological polar surface area (TPSA) is 77.9 Å². The first-order chi connectivity index (χ1) is 15.0. The Hall–Kier alpha value is -3.15. The average molecular weight is 421 g/mol. The van der Waals surface area contributed by atoms with Crippen molar-refractivity contribution in [3.05, 3.63) is 65.7 Å². The molecule has 2 aromatic rings. The minimum absolute atomic E-state index is 0.00108. The zero-order valence-electron chi connectivity index (χ0n) is 17.7. The van der Waals surface area contributed by atoms with Crippen molar-refractivity contribution in [2.75, 3.05) is 11.9 Å². The Labute approximate surface area is 182 Å². The summed E-state index contributed by atoms with van der Waals surface area (Å²) >= 11 is 0. The Morgan fingerprint density at radius 3 is 2.45 bits per heavy atom. The number of benzene rings is 2. The molecule has 0 spiro atoms. The van der Waals surface area contributed by atoms with E-state index in [2.05, 4.69) is 0 Å². The third kappa shape index (κ3) is 4.07. The van der Waals surface area contributed by atoms with E-state index in [1.54, 1.807) is 4.90 Å². The number of carbonyl (C=O) groups is 3. The summed E-state index contributed by atoms with van der Waals surface area (Å²) in [6, 6.07) is 17.2. The van der Waals surface area contributed by atoms with Gasteiger partial charge in [0.05, 0.1) is 6.04 Å². The molecule has 3 unspecified atom stereocenters. The van der Waals surface area contributed by atoms with Crippen LogP contribution in [0.1, 0.15) is 60.5 Å². The lowest BCUT2D eigenvalue weighted by atomic mass is 9.81. The molecule has 4 rings (SSSR count). The predicted octanol–water partition coefficient (Wildman–Crippen LogP) is 4.27. The summed E-state index contributed by atoms with van der Waals surface area (Å²) in [5.74, 6) is -0.770. The summed E-state index contributed by atoms with van der Waals surface area (Å²) in [7, 11) is 1.81. The van der Waals surface area contributed by atoms with Crippen molar-refractivity contribution in [1.29, 1.82) is 0 Å². The summed E-state index contributed by atoms with van der Waals surface area (Å²) in [4.78, 5) is 41.0. The van der Waals surface area contributed by atoms with E-state index in [-0.39, 0.29) is 42.7 Å². The van der Waals surface area contributed by atoms with Gasteiger partial charge in [-0.05, 0) is 43.0 Å². The molecular weight excluding hydrogens is 392 g/mol. The van der Waals surface area contributed by atoms with Gasteiger partial charge in [-0.15, -0.1) is 0 Å². The molecule has 31 heavy (non-hydrogen) atoms. The maximum Gasteiger partial charge on any atom is 0.303 e. The quantitative estimate of drug-likeness (QED) is 0.757. The van der Waals surface area contributed by atoms with Crippen molar-refractivity contribution in [3.8, 4) is 0 Å². The van der Waals surface area contributed by atoms with Gasteiger partial charge in [0.15, 0.2) is 0 Å². The fourth-order valence-electron chi connectivity index (χ4n) is 5.22. The zero-order valence-corrected chi connectivity index (χ0v) is 17.7. The number of para-hydroxylation sites is 1. The highest BCUT2D eigenvalue weighted by Crippen LogP contribution is 2.50. The van der Waals surface area contributed by atoms with E-state index >= 15 is 0 Å². The smallest absolute Gasteiger partial charge is 0.303 e. The number of carboxylic acid groups (broad SMARTS) is 1. The highest BCUT2D eigenvalue weighted by Gasteiger charge is 2.47. The van der Waals surface area contributed by atoms with E-state index in [4.69, 9.17) is 5.11 Å². The first kappa shape index (κ1) is 21.1. The number of aliphatic carboxylic acids is 1. The van der Waals surface area contributed by atoms with E-state index < -0.39 is 5.97 Å². The molecule has 1 N–H and O–H groups in total. The predicted molar refractivity (Wildman–Crippen MR) is 118 cm³/mol. The SMILES string of the molecule is CN(C(=O)CCCC(=O)O)C1c2ccccc2N(C(=O)c2ccccc2)C2CCCC12. The van der Waals surface area contributed by atoms with E-state index in [0.29, 0.717) is 12.0 Å². The Morgan fingerprint density at radius 1 is 1.00 bits per heavy atom. The van der Waals surface area contributed by atoms with Crippen LogP contribution in [0.15, 0.2) is 54.6 Å². The lowest BCUT2D eigenvalue weighted by Gasteiger charge is -2.46. The summed E-state index contributed by atoms with van der Waals surface area (Å²) in [5.41, 5.74) is 2.53. The van der Waals surface area contributed by atoms with Crippen LogP contribution in [0.4, 0.5) is 5.69 Å². The van der Waals surface area contributed by atoms with Crippen LogP contribution < -0.4 is 4.90 Å². The van der Waals surface area contributed by atoms with Crippen LogP contribution in [-0.4, -0.2) is 40.9 Å². The number of nitrogens with zero attached hydrogens (tertiary/aromatic N) is 2. The third-order valence-electron chi connectivity index (χ3n) is 6.62. The van der Waals surface area contributed by atoms with E-state index in [1.807, 2.05) is 66.5 Å². The van der Waals surface area contributed by atoms with Crippen LogP contribution >= 0.6 is 0 Å². The van der Waals surface area contributed by atoms with Crippen molar-refractivity contribution in [1.82, 2.24) is 4.90 Å². The number of hydrogen-bond acceptors (Lipinski definition) is 3. The molecule has 0 saturated heterocycles. The molecule has 6 heteroatoms. The molecule has 2 aliphatic rings. The number of hydrogen-bond donors (Lipinski definition) is 1. The number of amides is 2. The number of carbonyl (C=O) groups excluding carboxylic acids is 2. The van der Waals surface area contributed by atoms with Gasteiger partial charge >= 0.3 is 5.97 Å². The van der Waals surface area contributed by atoms with Crippen molar-refractivity contribution < 1.29 is 19.5 Å². The second-order valence-corrected chi connectivity index (χ2v) is 8.46. The van der Waals surface area contributed by atoms with Crippen LogP contribution in [-0.2, 0) is 9.59 Å². The highest BCUT2D eigenvalue weighted by atomic mass is 16.4. The molecule has 6 nitrogen and oxygen atoms in total. The normalized spacial score (nSPS) is 21.8. The van der Waals surface area contributed by atoms with Crippen LogP contribution in [0, 0.1) is 5.92 Å². The van der Waals surface area contributed by atoms with E-state index in [0.717, 1.165) is 30.5 Å². The second kappa shape index (κ2) is 8.92. The van der Waals surface area contributed by atoms with Crippen molar-refractivity contribution in [3.63, 3.8) is 0 Å². The maximum atomic E-state index is 13.5. The summed E-state index contributed by atoms with van der Waals surface area (Å²) in [6.07, 6.45) is 3.42. The Balaban J connectivity index is 1.67. The number of anilines is 1. The van der Waals surface area contributed by atoms with Gasteiger partial charge in [-0.3, -0.25) is 14.4 Å². The largest absolute Gasteiger partial charge is 0.481 e. The standard InChI is InChI=1S/C25H28N2O4/c1-26(22(28)15-8-16-23(29)30)24-18-11-5-6-13-20(18)27(21-14-7-12-19(21)24)25(31)17-9-3-2-4-10-17/h2-6,9-11,13,19,21,24H,7-8,12,14-16H2,1H3,(H,29,30). The van der Waals surface area contributed by atoms with Crippen molar-refractivity contribution in [2.45, 2.75) is 50.6 Å². The summed E-state index contributed by atoms with van der Waals surface area (Å²) in [5, 5.41) is 8.88. The first-order valence-corrected chi connectivity index (χ1v) is 10.9. The lowest BCUT2D eigenvalue weighted by Crippen LogP contribution is -2.51. The molecular formula is C25H28N2O4. The number of rotatable bonds is 6. The monoisotopic (exact) mass is 420 g/mol. The van der Waals surface area contributed by atoms with E-state index in [9.17, 15) is 14.4 Å². The van der Waals surface area contributed by atoms with E-state index in [1.165, 1.54) is 0 Å². The van der Waals surface area contributed by atoms with Crippen LogP contribution in [0.25, 0.3) is 0 Å². The molecule has 1 saturated carbocycles. The number of carboxylic acids is 1. The second-order valence-electron chi connectivity index (χ2n) is 8.46. The van der Waals surface area contributed by atoms with Gasteiger partial charge in [-0.2, -0.15) is 0 Å². The summed E-state index contributed by atoms with van der Waals surface area (Å²) in [6.45, 7) is 0. The average Bonchev–Trinajstić information content (AvgIpc) is 3.25. The van der Waals surface area contributed by atoms with Crippen LogP contribution in [0.5, 0.6) is 0 Å². The third-order valence-corrected chi connectivity index (χ3v) is 6.62. The van der Waals surface area contributed by atoms with Gasteiger partial charge in [0.25, 0.3) is 5.91 Å². The van der Waals surface area contributed by atoms with Gasteiger partial charge in [0.2, 0.25) is 5.91 Å². The summed E-state index contributed by atoms with van der Waals surface area (Å²) < 4.78 is 0. The van der Waals surface area contributed by atoms with Crippen molar-refractivity contribution in [2.24, 2.45) is 5.92 Å². The molecule has 1 aliphatic heterocycles. The van der Waals surface area contributed by atoms with Gasteiger partial charge in [0, 0.05) is 43.1 Å². The van der Waals surface area contributed by atoms with Crippen LogP contribution in [0.2, 0.25) is 0 Å². The van der Waals surface area contributed by atoms with Crippen LogP contribution in [0.3, 0.4) is 0 Å². The molecule has 1 aliphatic carbocycles. The van der Waals surface area contributed by atoms with Gasteiger partial charge < -0.3 is 14.9 Å². The molecule has 2 aromatic carbocycles. The molecule has 162 valence electrons. The molecule has 0 aromatic heterocycles. The van der Waals surface area contributed by atoms with Gasteiger partial charge in [0.1, 0.15) is 0 Å². The minimum Gasteiger partial charge on any atom is -0.481 e. The molecule has 3 atom stereocenters. The molecule has 2 amide bonds. The molecule has 0 bridgehead atoms. The fourth-order valence-corrected chi connectivity index (χ4v) is 5.22. The zero-order chi connectivity index (χ0) is 22.0. The Bertz CT molecular complexity index is 974. The Morgan fingerprint density at radius 2 is 1.71 bits per heavy atom. The lowest BCUT2D eigenvalue weighted by molar-refractivity contribution is -0.137. The highest BCUT2D eigenvalue weighted by molar-refractivity contribution is 6.07. The maximum absolute atomic E-state index is 13.5. The van der Waals surface area contributed by atoms with Crippen molar-refractivity contribution >= 4 is 23.5 Å². The molecule has 1 heterocycles. The molecule has 0 radical (unpaired) electrons. The van der Waals surface area contributed by atoms with Gasteiger partial charge in [-0.25, -0.2) is 0 Å². The Kier molecular flexibility index (Phi) is 6.07. The minimum atomic E-state index is -0.885. The number of fused-ring (bicyclic) bond motifs is 2. The van der Waals surface area contributed by atoms with Gasteiger partial charge in [-0.1, -0.05) is 42.8 Å².